The maximum atomic E-state index is 12.8. The number of hydrogen-bond donors (Lipinski definition) is 1. The maximum absolute atomic E-state index is 12.8. The first-order valence-electron chi connectivity index (χ1n) is 12.2. The van der Waals surface area contributed by atoms with Crippen molar-refractivity contribution in [2.24, 2.45) is 5.92 Å². The zero-order valence-electron chi connectivity index (χ0n) is 19.3. The molecule has 2 aromatic carbocycles. The Bertz CT molecular complexity index is 1010. The van der Waals surface area contributed by atoms with E-state index in [9.17, 15) is 13.2 Å². The molecule has 2 saturated heterocycles. The molecule has 1 amide bonds. The van der Waals surface area contributed by atoms with E-state index in [4.69, 9.17) is 0 Å². The molecule has 0 saturated carbocycles. The summed E-state index contributed by atoms with van der Waals surface area (Å²) in [6, 6.07) is 17.0. The first-order valence-corrected chi connectivity index (χ1v) is 13.6. The SMILES string of the molecule is O=C(NCc1cccc(CN2CCCCCC2)c1)C1CCN(S(=O)(=O)c2ccccc2)CC1. The van der Waals surface area contributed by atoms with Gasteiger partial charge >= 0.3 is 0 Å². The summed E-state index contributed by atoms with van der Waals surface area (Å²) in [5, 5.41) is 3.07. The predicted octanol–water partition coefficient (Wildman–Crippen LogP) is 3.78. The van der Waals surface area contributed by atoms with Gasteiger partial charge in [-0.15, -0.1) is 0 Å². The van der Waals surface area contributed by atoms with Gasteiger partial charge in [-0.25, -0.2) is 8.42 Å². The second-order valence-corrected chi connectivity index (χ2v) is 11.2. The van der Waals surface area contributed by atoms with Gasteiger partial charge in [-0.05, 0) is 62.0 Å². The molecule has 178 valence electrons. The van der Waals surface area contributed by atoms with Gasteiger partial charge in [-0.3, -0.25) is 9.69 Å². The van der Waals surface area contributed by atoms with Crippen molar-refractivity contribution < 1.29 is 13.2 Å². The Hall–Kier alpha value is -2.22. The van der Waals surface area contributed by atoms with Crippen molar-refractivity contribution in [3.8, 4) is 0 Å². The minimum Gasteiger partial charge on any atom is -0.352 e. The third kappa shape index (κ3) is 6.43. The van der Waals surface area contributed by atoms with Crippen LogP contribution in [0, 0.1) is 5.92 Å². The van der Waals surface area contributed by atoms with Crippen LogP contribution in [0.2, 0.25) is 0 Å². The Labute approximate surface area is 198 Å². The van der Waals surface area contributed by atoms with Gasteiger partial charge in [0.1, 0.15) is 0 Å². The Morgan fingerprint density at radius 1 is 0.848 bits per heavy atom. The van der Waals surface area contributed by atoms with Crippen LogP contribution in [-0.4, -0.2) is 49.7 Å². The highest BCUT2D eigenvalue weighted by atomic mass is 32.2. The van der Waals surface area contributed by atoms with E-state index in [0.29, 0.717) is 37.4 Å². The number of sulfonamides is 1. The molecule has 2 aliphatic heterocycles. The molecule has 0 atom stereocenters. The minimum absolute atomic E-state index is 0.0182. The van der Waals surface area contributed by atoms with Crippen LogP contribution in [0.25, 0.3) is 0 Å². The maximum Gasteiger partial charge on any atom is 0.243 e. The van der Waals surface area contributed by atoms with Crippen molar-refractivity contribution in [2.45, 2.75) is 56.5 Å². The van der Waals surface area contributed by atoms with Crippen LogP contribution < -0.4 is 5.32 Å². The van der Waals surface area contributed by atoms with E-state index in [-0.39, 0.29) is 11.8 Å². The zero-order valence-corrected chi connectivity index (χ0v) is 20.1. The molecule has 0 spiro atoms. The van der Waals surface area contributed by atoms with Crippen LogP contribution in [0.15, 0.2) is 59.5 Å². The lowest BCUT2D eigenvalue weighted by Gasteiger charge is -2.30. The van der Waals surface area contributed by atoms with Gasteiger partial charge in [0.2, 0.25) is 15.9 Å². The molecular weight excluding hydrogens is 434 g/mol. The molecule has 0 radical (unpaired) electrons. The lowest BCUT2D eigenvalue weighted by atomic mass is 9.97. The predicted molar refractivity (Wildman–Crippen MR) is 130 cm³/mol. The average Bonchev–Trinajstić information content (AvgIpc) is 3.12. The molecule has 2 aromatic rings. The summed E-state index contributed by atoms with van der Waals surface area (Å²) >= 11 is 0. The second kappa shape index (κ2) is 11.3. The summed E-state index contributed by atoms with van der Waals surface area (Å²) in [6.07, 6.45) is 6.32. The third-order valence-corrected chi connectivity index (χ3v) is 8.68. The van der Waals surface area contributed by atoms with Crippen molar-refractivity contribution in [3.63, 3.8) is 0 Å². The second-order valence-electron chi connectivity index (χ2n) is 9.22. The Kier molecular flexibility index (Phi) is 8.17. The summed E-state index contributed by atoms with van der Waals surface area (Å²) in [7, 11) is -3.49. The molecule has 0 aromatic heterocycles. The summed E-state index contributed by atoms with van der Waals surface area (Å²) in [6.45, 7) is 4.56. The van der Waals surface area contributed by atoms with Gasteiger partial charge < -0.3 is 5.32 Å². The number of hydrogen-bond acceptors (Lipinski definition) is 4. The molecule has 0 aliphatic carbocycles. The van der Waals surface area contributed by atoms with Crippen molar-refractivity contribution in [3.05, 3.63) is 65.7 Å². The Balaban J connectivity index is 1.26. The fourth-order valence-corrected chi connectivity index (χ4v) is 6.31. The average molecular weight is 470 g/mol. The fraction of sp³-hybridized carbons (Fsp3) is 0.500. The standard InChI is InChI=1S/C26H35N3O3S/c30-26(24-13-17-29(18-14-24)33(31,32)25-11-4-3-5-12-25)27-20-22-9-8-10-23(19-22)21-28-15-6-1-2-7-16-28/h3-5,8-12,19,24H,1-2,6-7,13-18,20-21H2,(H,27,30). The number of carbonyl (C=O) groups is 1. The van der Waals surface area contributed by atoms with E-state index in [1.54, 1.807) is 30.3 Å². The van der Waals surface area contributed by atoms with E-state index in [2.05, 4.69) is 34.5 Å². The smallest absolute Gasteiger partial charge is 0.243 e. The van der Waals surface area contributed by atoms with Gasteiger partial charge in [0, 0.05) is 32.1 Å². The summed E-state index contributed by atoms with van der Waals surface area (Å²) in [4.78, 5) is 15.6. The van der Waals surface area contributed by atoms with Gasteiger partial charge in [0.25, 0.3) is 0 Å². The van der Waals surface area contributed by atoms with Crippen LogP contribution in [0.3, 0.4) is 0 Å². The summed E-state index contributed by atoms with van der Waals surface area (Å²) in [5.74, 6) is -0.128. The fourth-order valence-electron chi connectivity index (χ4n) is 4.82. The van der Waals surface area contributed by atoms with Crippen LogP contribution in [0.4, 0.5) is 0 Å². The first kappa shape index (κ1) is 23.9. The van der Waals surface area contributed by atoms with Crippen LogP contribution in [0.1, 0.15) is 49.7 Å². The highest BCUT2D eigenvalue weighted by molar-refractivity contribution is 7.89. The van der Waals surface area contributed by atoms with E-state index >= 15 is 0 Å². The number of rotatable bonds is 7. The Morgan fingerprint density at radius 2 is 1.52 bits per heavy atom. The quantitative estimate of drug-likeness (QED) is 0.670. The van der Waals surface area contributed by atoms with Gasteiger partial charge in [-0.1, -0.05) is 55.3 Å². The first-order chi connectivity index (χ1) is 16.0. The molecule has 2 aliphatic rings. The van der Waals surface area contributed by atoms with Crippen LogP contribution in [0.5, 0.6) is 0 Å². The number of benzene rings is 2. The molecule has 7 heteroatoms. The molecule has 6 nitrogen and oxygen atoms in total. The van der Waals surface area contributed by atoms with Gasteiger partial charge in [-0.2, -0.15) is 4.31 Å². The van der Waals surface area contributed by atoms with E-state index in [1.165, 1.54) is 48.6 Å². The lowest BCUT2D eigenvalue weighted by molar-refractivity contribution is -0.126. The molecule has 0 unspecified atom stereocenters. The highest BCUT2D eigenvalue weighted by Gasteiger charge is 2.31. The summed E-state index contributed by atoms with van der Waals surface area (Å²) < 4.78 is 27.1. The third-order valence-electron chi connectivity index (χ3n) is 6.77. The van der Waals surface area contributed by atoms with Gasteiger partial charge in [0.05, 0.1) is 4.90 Å². The van der Waals surface area contributed by atoms with E-state index < -0.39 is 10.0 Å². The summed E-state index contributed by atoms with van der Waals surface area (Å²) in [5.41, 5.74) is 2.41. The number of likely N-dealkylation sites (tertiary alicyclic amines) is 1. The molecule has 4 rings (SSSR count). The topological polar surface area (TPSA) is 69.7 Å². The number of nitrogens with zero attached hydrogens (tertiary/aromatic N) is 2. The van der Waals surface area contributed by atoms with E-state index in [0.717, 1.165) is 12.1 Å². The van der Waals surface area contributed by atoms with Crippen molar-refractivity contribution in [1.82, 2.24) is 14.5 Å². The number of piperidine rings is 1. The molecule has 2 fully saturated rings. The molecule has 2 heterocycles. The minimum atomic E-state index is -3.49. The zero-order chi connectivity index (χ0) is 23.1. The highest BCUT2D eigenvalue weighted by Crippen LogP contribution is 2.24. The van der Waals surface area contributed by atoms with E-state index in [1.807, 2.05) is 0 Å². The van der Waals surface area contributed by atoms with Crippen molar-refractivity contribution in [2.75, 3.05) is 26.2 Å². The van der Waals surface area contributed by atoms with Crippen LogP contribution >= 0.6 is 0 Å². The number of carbonyl (C=O) groups excluding carboxylic acids is 1. The molecule has 1 N–H and O–H groups in total. The molecule has 33 heavy (non-hydrogen) atoms. The monoisotopic (exact) mass is 469 g/mol. The number of amides is 1. The lowest BCUT2D eigenvalue weighted by Crippen LogP contribution is -2.42. The Morgan fingerprint density at radius 3 is 2.21 bits per heavy atom. The largest absolute Gasteiger partial charge is 0.352 e. The molecule has 0 bridgehead atoms. The van der Waals surface area contributed by atoms with Crippen molar-refractivity contribution in [1.29, 1.82) is 0 Å². The molecular formula is C26H35N3O3S. The normalized spacial score (nSPS) is 19.2. The van der Waals surface area contributed by atoms with Crippen LogP contribution in [-0.2, 0) is 27.9 Å². The van der Waals surface area contributed by atoms with Crippen molar-refractivity contribution >= 4 is 15.9 Å². The number of nitrogens with one attached hydrogen (secondary N) is 1. The van der Waals surface area contributed by atoms with Gasteiger partial charge in [0.15, 0.2) is 0 Å².